The van der Waals surface area contributed by atoms with E-state index >= 15 is 0 Å². The van der Waals surface area contributed by atoms with Gasteiger partial charge in [-0.2, -0.15) is 0 Å². The van der Waals surface area contributed by atoms with Gasteiger partial charge in [-0.1, -0.05) is 48.0 Å². The fourth-order valence-corrected chi connectivity index (χ4v) is 2.41. The molecule has 5 heteroatoms. The second-order valence-corrected chi connectivity index (χ2v) is 5.10. The Morgan fingerprint density at radius 2 is 1.91 bits per heavy atom. The molecule has 0 atom stereocenters. The second-order valence-electron chi connectivity index (χ2n) is 4.72. The molecule has 3 rings (SSSR count). The summed E-state index contributed by atoms with van der Waals surface area (Å²) in [6, 6.07) is 12.3. The first-order valence-corrected chi connectivity index (χ1v) is 6.92. The topological polar surface area (TPSA) is 76.5 Å². The standard InChI is InChI=1S/C17H12ClNO3/c18-15-11(20)8-9-13-14(15)16(19)17(22-13)12(21)7-6-10-4-2-1-3-5-10/h1-9,20H,19H2/b7-6+. The molecule has 3 aromatic rings. The van der Waals surface area contributed by atoms with Gasteiger partial charge in [-0.05, 0) is 23.8 Å². The normalized spacial score (nSPS) is 11.3. The van der Waals surface area contributed by atoms with Crippen molar-refractivity contribution in [3.63, 3.8) is 0 Å². The van der Waals surface area contributed by atoms with E-state index in [1.54, 1.807) is 6.08 Å². The molecule has 22 heavy (non-hydrogen) atoms. The van der Waals surface area contributed by atoms with E-state index in [-0.39, 0.29) is 28.0 Å². The maximum atomic E-state index is 12.2. The zero-order valence-corrected chi connectivity index (χ0v) is 12.2. The van der Waals surface area contributed by atoms with Crippen LogP contribution in [0, 0.1) is 0 Å². The number of fused-ring (bicyclic) bond motifs is 1. The maximum Gasteiger partial charge on any atom is 0.223 e. The number of hydrogen-bond acceptors (Lipinski definition) is 4. The number of nitrogen functional groups attached to an aromatic ring is 1. The molecule has 0 unspecified atom stereocenters. The average Bonchev–Trinajstić information content (AvgIpc) is 2.87. The SMILES string of the molecule is Nc1c(C(=O)/C=C/c2ccccc2)oc2ccc(O)c(Cl)c12. The van der Waals surface area contributed by atoms with E-state index in [0.717, 1.165) is 5.56 Å². The third kappa shape index (κ3) is 2.44. The summed E-state index contributed by atoms with van der Waals surface area (Å²) in [4.78, 5) is 12.2. The van der Waals surface area contributed by atoms with E-state index in [1.807, 2.05) is 30.3 Å². The van der Waals surface area contributed by atoms with Crippen LogP contribution in [0.3, 0.4) is 0 Å². The van der Waals surface area contributed by atoms with Crippen LogP contribution in [0.4, 0.5) is 5.69 Å². The van der Waals surface area contributed by atoms with Crippen LogP contribution >= 0.6 is 11.6 Å². The van der Waals surface area contributed by atoms with E-state index in [4.69, 9.17) is 21.8 Å². The Morgan fingerprint density at radius 3 is 2.64 bits per heavy atom. The van der Waals surface area contributed by atoms with E-state index in [1.165, 1.54) is 18.2 Å². The highest BCUT2D eigenvalue weighted by molar-refractivity contribution is 6.38. The lowest BCUT2D eigenvalue weighted by Crippen LogP contribution is -1.97. The number of benzene rings is 2. The van der Waals surface area contributed by atoms with Crippen LogP contribution in [0.5, 0.6) is 5.75 Å². The minimum absolute atomic E-state index is 0.00896. The second kappa shape index (κ2) is 5.58. The van der Waals surface area contributed by atoms with E-state index < -0.39 is 0 Å². The van der Waals surface area contributed by atoms with Crippen molar-refractivity contribution in [2.45, 2.75) is 0 Å². The summed E-state index contributed by atoms with van der Waals surface area (Å²) in [5, 5.41) is 10.0. The van der Waals surface area contributed by atoms with Crippen LogP contribution in [-0.4, -0.2) is 10.9 Å². The zero-order chi connectivity index (χ0) is 15.7. The molecule has 110 valence electrons. The Bertz CT molecular complexity index is 882. The number of halogens is 1. The summed E-state index contributed by atoms with van der Waals surface area (Å²) < 4.78 is 5.46. The molecule has 1 aromatic heterocycles. The van der Waals surface area contributed by atoms with Gasteiger partial charge >= 0.3 is 0 Å². The third-order valence-electron chi connectivity index (χ3n) is 3.26. The molecule has 0 aliphatic heterocycles. The summed E-state index contributed by atoms with van der Waals surface area (Å²) in [6.07, 6.45) is 3.06. The number of carbonyl (C=O) groups excluding carboxylic acids is 1. The Morgan fingerprint density at radius 1 is 1.18 bits per heavy atom. The van der Waals surface area contributed by atoms with Gasteiger partial charge in [-0.3, -0.25) is 4.79 Å². The number of allylic oxidation sites excluding steroid dienone is 1. The number of rotatable bonds is 3. The first-order valence-electron chi connectivity index (χ1n) is 6.55. The van der Waals surface area contributed by atoms with E-state index in [2.05, 4.69) is 0 Å². The molecule has 0 fully saturated rings. The molecule has 0 bridgehead atoms. The molecule has 0 aliphatic carbocycles. The lowest BCUT2D eigenvalue weighted by Gasteiger charge is -1.97. The number of anilines is 1. The monoisotopic (exact) mass is 313 g/mol. The van der Waals surface area contributed by atoms with Gasteiger partial charge in [-0.25, -0.2) is 0 Å². The van der Waals surface area contributed by atoms with Gasteiger partial charge in [0.25, 0.3) is 0 Å². The largest absolute Gasteiger partial charge is 0.506 e. The van der Waals surface area contributed by atoms with Gasteiger partial charge in [-0.15, -0.1) is 0 Å². The number of nitrogens with two attached hydrogens (primary N) is 1. The maximum absolute atomic E-state index is 12.2. The molecule has 4 nitrogen and oxygen atoms in total. The molecular weight excluding hydrogens is 302 g/mol. The predicted molar refractivity (Wildman–Crippen MR) is 87.1 cm³/mol. The number of ketones is 1. The van der Waals surface area contributed by atoms with Crippen LogP contribution in [0.1, 0.15) is 16.1 Å². The zero-order valence-electron chi connectivity index (χ0n) is 11.4. The van der Waals surface area contributed by atoms with Gasteiger partial charge < -0.3 is 15.3 Å². The van der Waals surface area contributed by atoms with E-state index in [0.29, 0.717) is 11.0 Å². The highest BCUT2D eigenvalue weighted by Gasteiger charge is 2.20. The predicted octanol–water partition coefficient (Wildman–Crippen LogP) is 4.27. The van der Waals surface area contributed by atoms with Crippen LogP contribution in [-0.2, 0) is 0 Å². The lowest BCUT2D eigenvalue weighted by atomic mass is 10.1. The molecular formula is C17H12ClNO3. The highest BCUT2D eigenvalue weighted by atomic mass is 35.5. The highest BCUT2D eigenvalue weighted by Crippen LogP contribution is 2.39. The minimum Gasteiger partial charge on any atom is -0.506 e. The van der Waals surface area contributed by atoms with Crippen molar-refractivity contribution < 1.29 is 14.3 Å². The minimum atomic E-state index is -0.367. The van der Waals surface area contributed by atoms with Crippen LogP contribution in [0.25, 0.3) is 17.0 Å². The van der Waals surface area contributed by atoms with Crippen molar-refractivity contribution in [3.05, 3.63) is 64.9 Å². The molecule has 0 saturated carbocycles. The number of carbonyl (C=O) groups is 1. The van der Waals surface area contributed by atoms with Crippen molar-refractivity contribution in [1.82, 2.24) is 0 Å². The Kier molecular flexibility index (Phi) is 3.61. The van der Waals surface area contributed by atoms with Crippen molar-refractivity contribution in [1.29, 1.82) is 0 Å². The summed E-state index contributed by atoms with van der Waals surface area (Å²) >= 11 is 6.00. The van der Waals surface area contributed by atoms with Gasteiger partial charge in [0, 0.05) is 0 Å². The van der Waals surface area contributed by atoms with Gasteiger partial charge in [0.05, 0.1) is 16.1 Å². The van der Waals surface area contributed by atoms with Gasteiger partial charge in [0.1, 0.15) is 11.3 Å². The number of hydrogen-bond donors (Lipinski definition) is 2. The van der Waals surface area contributed by atoms with Gasteiger partial charge in [0.2, 0.25) is 5.78 Å². The van der Waals surface area contributed by atoms with Gasteiger partial charge in [0.15, 0.2) is 5.76 Å². The summed E-state index contributed by atoms with van der Waals surface area (Å²) in [5.74, 6) is -0.469. The first kappa shape index (κ1) is 14.2. The van der Waals surface area contributed by atoms with Crippen molar-refractivity contribution in [3.8, 4) is 5.75 Å². The molecule has 2 aromatic carbocycles. The molecule has 0 radical (unpaired) electrons. The summed E-state index contributed by atoms with van der Waals surface area (Å²) in [7, 11) is 0. The third-order valence-corrected chi connectivity index (χ3v) is 3.64. The average molecular weight is 314 g/mol. The van der Waals surface area contributed by atoms with Crippen molar-refractivity contribution >= 4 is 40.1 Å². The van der Waals surface area contributed by atoms with Crippen LogP contribution in [0.2, 0.25) is 5.02 Å². The first-order chi connectivity index (χ1) is 10.6. The number of furan rings is 1. The van der Waals surface area contributed by atoms with E-state index in [9.17, 15) is 9.90 Å². The summed E-state index contributed by atoms with van der Waals surface area (Å²) in [6.45, 7) is 0. The van der Waals surface area contributed by atoms with Crippen LogP contribution < -0.4 is 5.73 Å². The Balaban J connectivity index is 2.00. The fraction of sp³-hybridized carbons (Fsp3) is 0. The number of phenols is 1. The number of aromatic hydroxyl groups is 1. The molecule has 3 N–H and O–H groups in total. The van der Waals surface area contributed by atoms with Crippen LogP contribution in [0.15, 0.2) is 53.0 Å². The lowest BCUT2D eigenvalue weighted by molar-refractivity contribution is 0.102. The fourth-order valence-electron chi connectivity index (χ4n) is 2.16. The molecule has 0 spiro atoms. The molecule has 0 aliphatic rings. The smallest absolute Gasteiger partial charge is 0.223 e. The van der Waals surface area contributed by atoms with Crippen molar-refractivity contribution in [2.75, 3.05) is 5.73 Å². The summed E-state index contributed by atoms with van der Waals surface area (Å²) in [5.41, 5.74) is 7.31. The quantitative estimate of drug-likeness (QED) is 0.559. The molecule has 1 heterocycles. The molecule has 0 amide bonds. The number of phenolic OH excluding ortho intramolecular Hbond substituents is 1. The molecule has 0 saturated heterocycles. The van der Waals surface area contributed by atoms with Crippen molar-refractivity contribution in [2.24, 2.45) is 0 Å². The Labute approximate surface area is 131 Å². The Hall–Kier alpha value is -2.72.